The van der Waals surface area contributed by atoms with Crippen molar-refractivity contribution in [1.29, 1.82) is 0 Å². The lowest BCUT2D eigenvalue weighted by molar-refractivity contribution is -0.137. The van der Waals surface area contributed by atoms with Gasteiger partial charge in [-0.05, 0) is 34.3 Å². The van der Waals surface area contributed by atoms with Gasteiger partial charge in [0.05, 0.1) is 6.61 Å². The van der Waals surface area contributed by atoms with E-state index < -0.39 is 0 Å². The van der Waals surface area contributed by atoms with E-state index in [0.717, 1.165) is 29.9 Å². The van der Waals surface area contributed by atoms with E-state index in [9.17, 15) is 9.90 Å². The third kappa shape index (κ3) is 10.5. The smallest absolute Gasteiger partial charge is 0.330 e. The fraction of sp³-hybridized carbons (Fsp3) is 0.640. The normalized spacial score (nSPS) is 11.6. The maximum Gasteiger partial charge on any atom is 0.330 e. The molecular formula is C25H42O3. The Bertz CT molecular complexity index is 569. The molecule has 0 amide bonds. The van der Waals surface area contributed by atoms with E-state index in [1.807, 2.05) is 18.2 Å². The Morgan fingerprint density at radius 3 is 1.93 bits per heavy atom. The lowest BCUT2D eigenvalue weighted by atomic mass is 9.80. The van der Waals surface area contributed by atoms with E-state index in [1.54, 1.807) is 0 Å². The molecule has 1 rings (SSSR count). The molecule has 0 saturated heterocycles. The van der Waals surface area contributed by atoms with Crippen LogP contribution in [0.3, 0.4) is 0 Å². The minimum atomic E-state index is -0.316. The van der Waals surface area contributed by atoms with Crippen LogP contribution in [0.25, 0.3) is 0 Å². The van der Waals surface area contributed by atoms with Crippen molar-refractivity contribution in [2.75, 3.05) is 6.61 Å². The number of rotatable bonds is 7. The molecule has 0 saturated carbocycles. The van der Waals surface area contributed by atoms with Gasteiger partial charge in [0.15, 0.2) is 0 Å². The van der Waals surface area contributed by atoms with Gasteiger partial charge in [-0.1, -0.05) is 99.4 Å². The van der Waals surface area contributed by atoms with Gasteiger partial charge in [0.2, 0.25) is 0 Å². The summed E-state index contributed by atoms with van der Waals surface area (Å²) >= 11 is 0. The molecule has 0 radical (unpaired) electrons. The number of hydrogen-bond donors (Lipinski definition) is 1. The summed E-state index contributed by atoms with van der Waals surface area (Å²) < 4.78 is 4.84. The molecule has 0 fully saturated rings. The molecule has 1 N–H and O–H groups in total. The minimum absolute atomic E-state index is 0.00859. The first-order valence-corrected chi connectivity index (χ1v) is 10.4. The molecule has 0 aliphatic heterocycles. The van der Waals surface area contributed by atoms with Gasteiger partial charge in [0.1, 0.15) is 5.75 Å². The van der Waals surface area contributed by atoms with Crippen LogP contribution in [0.15, 0.2) is 30.9 Å². The van der Waals surface area contributed by atoms with Crippen molar-refractivity contribution < 1.29 is 14.6 Å². The standard InChI is InChI=1S/C14H22O.C11H20O2/c1-13(2,3)10-8-7-9-11(12(10)15)14(4,5)6;1-4-11(12)13-9-7-5-6-8-10(2)3/h7-9,15H,1-6H3;4,10H,1,5-9H2,2-3H3. The number of unbranched alkanes of at least 4 members (excludes halogenated alkanes) is 2. The number of ether oxygens (including phenoxy) is 1. The highest BCUT2D eigenvalue weighted by Crippen LogP contribution is 2.38. The summed E-state index contributed by atoms with van der Waals surface area (Å²) in [4.78, 5) is 10.6. The Kier molecular flexibility index (Phi) is 11.2. The zero-order valence-corrected chi connectivity index (χ0v) is 19.4. The summed E-state index contributed by atoms with van der Waals surface area (Å²) in [6.45, 7) is 21.0. The van der Waals surface area contributed by atoms with E-state index in [1.165, 1.54) is 18.9 Å². The van der Waals surface area contributed by atoms with E-state index in [4.69, 9.17) is 4.74 Å². The number of esters is 1. The van der Waals surface area contributed by atoms with Gasteiger partial charge in [0.25, 0.3) is 0 Å². The molecule has 0 aromatic heterocycles. The molecule has 28 heavy (non-hydrogen) atoms. The number of phenolic OH excluding ortho intramolecular Hbond substituents is 1. The Balaban J connectivity index is 0.000000528. The molecule has 0 unspecified atom stereocenters. The monoisotopic (exact) mass is 390 g/mol. The van der Waals surface area contributed by atoms with Crippen LogP contribution in [0.1, 0.15) is 92.2 Å². The topological polar surface area (TPSA) is 46.5 Å². The SMILES string of the molecule is C=CC(=O)OCCCCCC(C)C.CC(C)(C)c1cccc(C(C)(C)C)c1O. The van der Waals surface area contributed by atoms with Crippen molar-refractivity contribution >= 4 is 5.97 Å². The largest absolute Gasteiger partial charge is 0.507 e. The molecule has 0 atom stereocenters. The van der Waals surface area contributed by atoms with Gasteiger partial charge in [-0.15, -0.1) is 0 Å². The molecule has 0 spiro atoms. The highest BCUT2D eigenvalue weighted by Gasteiger charge is 2.24. The number of benzene rings is 1. The highest BCUT2D eigenvalue weighted by molar-refractivity contribution is 5.81. The second kappa shape index (κ2) is 11.9. The molecule has 3 nitrogen and oxygen atoms in total. The lowest BCUT2D eigenvalue weighted by Crippen LogP contribution is -2.16. The van der Waals surface area contributed by atoms with Gasteiger partial charge >= 0.3 is 5.97 Å². The summed E-state index contributed by atoms with van der Waals surface area (Å²) in [5.41, 5.74) is 2.03. The predicted octanol–water partition coefficient (Wildman–Crippen LogP) is 6.92. The van der Waals surface area contributed by atoms with E-state index in [0.29, 0.717) is 12.4 Å². The molecule has 160 valence electrons. The number of carbonyl (C=O) groups is 1. The van der Waals surface area contributed by atoms with Gasteiger partial charge in [-0.25, -0.2) is 4.79 Å². The van der Waals surface area contributed by atoms with Gasteiger partial charge in [0, 0.05) is 6.08 Å². The van der Waals surface area contributed by atoms with Crippen LogP contribution >= 0.6 is 0 Å². The number of hydrogen-bond acceptors (Lipinski definition) is 3. The van der Waals surface area contributed by atoms with Crippen LogP contribution in [-0.2, 0) is 20.4 Å². The first-order valence-electron chi connectivity index (χ1n) is 10.4. The van der Waals surface area contributed by atoms with Crippen LogP contribution < -0.4 is 0 Å². The molecule has 1 aromatic rings. The molecule has 0 aliphatic carbocycles. The van der Waals surface area contributed by atoms with Crippen LogP contribution in [0, 0.1) is 5.92 Å². The number of phenols is 1. The Morgan fingerprint density at radius 2 is 1.54 bits per heavy atom. The third-order valence-corrected chi connectivity index (χ3v) is 4.49. The number of aromatic hydroxyl groups is 1. The van der Waals surface area contributed by atoms with E-state index in [2.05, 4.69) is 62.0 Å². The lowest BCUT2D eigenvalue weighted by Gasteiger charge is -2.26. The predicted molar refractivity (Wildman–Crippen MR) is 120 cm³/mol. The van der Waals surface area contributed by atoms with Crippen LogP contribution in [0.4, 0.5) is 0 Å². The minimum Gasteiger partial charge on any atom is -0.507 e. The van der Waals surface area contributed by atoms with Crippen molar-refractivity contribution in [3.8, 4) is 5.75 Å². The second-order valence-corrected chi connectivity index (χ2v) is 9.82. The maximum atomic E-state index is 10.6. The van der Waals surface area contributed by atoms with E-state index >= 15 is 0 Å². The van der Waals surface area contributed by atoms with Crippen LogP contribution in [0.2, 0.25) is 0 Å². The summed E-state index contributed by atoms with van der Waals surface area (Å²) in [7, 11) is 0. The first-order chi connectivity index (χ1) is 12.8. The van der Waals surface area contributed by atoms with Crippen molar-refractivity contribution in [2.45, 2.75) is 91.9 Å². The zero-order chi connectivity index (χ0) is 22.0. The van der Waals surface area contributed by atoms with Gasteiger partial charge < -0.3 is 9.84 Å². The van der Waals surface area contributed by atoms with Crippen LogP contribution in [0.5, 0.6) is 5.75 Å². The number of para-hydroxylation sites is 1. The molecule has 0 bridgehead atoms. The summed E-state index contributed by atoms with van der Waals surface area (Å²) in [6, 6.07) is 6.04. The van der Waals surface area contributed by atoms with Crippen molar-refractivity contribution in [3.05, 3.63) is 42.0 Å². The van der Waals surface area contributed by atoms with Crippen LogP contribution in [-0.4, -0.2) is 17.7 Å². The average molecular weight is 391 g/mol. The third-order valence-electron chi connectivity index (χ3n) is 4.49. The zero-order valence-electron chi connectivity index (χ0n) is 19.4. The molecule has 0 aliphatic rings. The Morgan fingerprint density at radius 1 is 1.04 bits per heavy atom. The maximum absolute atomic E-state index is 10.6. The Hall–Kier alpha value is -1.77. The van der Waals surface area contributed by atoms with Crippen molar-refractivity contribution in [3.63, 3.8) is 0 Å². The van der Waals surface area contributed by atoms with Crippen molar-refractivity contribution in [2.24, 2.45) is 5.92 Å². The molecular weight excluding hydrogens is 348 g/mol. The fourth-order valence-corrected chi connectivity index (χ4v) is 2.82. The summed E-state index contributed by atoms with van der Waals surface area (Å²) in [5.74, 6) is 0.914. The molecule has 3 heteroatoms. The molecule has 0 heterocycles. The quantitative estimate of drug-likeness (QED) is 0.312. The average Bonchev–Trinajstić information content (AvgIpc) is 2.56. The summed E-state index contributed by atoms with van der Waals surface area (Å²) in [6.07, 6.45) is 5.79. The van der Waals surface area contributed by atoms with Gasteiger partial charge in [-0.2, -0.15) is 0 Å². The van der Waals surface area contributed by atoms with Crippen molar-refractivity contribution in [1.82, 2.24) is 0 Å². The highest BCUT2D eigenvalue weighted by atomic mass is 16.5. The first kappa shape index (κ1) is 26.2. The molecule has 1 aromatic carbocycles. The summed E-state index contributed by atoms with van der Waals surface area (Å²) in [5, 5.41) is 10.3. The second-order valence-electron chi connectivity index (χ2n) is 9.82. The van der Waals surface area contributed by atoms with Gasteiger partial charge in [-0.3, -0.25) is 0 Å². The Labute approximate surface area is 173 Å². The fourth-order valence-electron chi connectivity index (χ4n) is 2.82. The number of carbonyl (C=O) groups excluding carboxylic acids is 1. The van der Waals surface area contributed by atoms with E-state index in [-0.39, 0.29) is 16.8 Å².